The number of thioether (sulfide) groups is 1. The molecular weight excluding hydrogens is 276 g/mol. The number of carbonyl (C=O) groups excluding carboxylic acids is 1. The summed E-state index contributed by atoms with van der Waals surface area (Å²) < 4.78 is 0. The van der Waals surface area contributed by atoms with Gasteiger partial charge in [-0.05, 0) is 37.9 Å². The van der Waals surface area contributed by atoms with Crippen LogP contribution < -0.4 is 5.32 Å². The van der Waals surface area contributed by atoms with Crippen LogP contribution in [0.5, 0.6) is 0 Å². The van der Waals surface area contributed by atoms with Crippen molar-refractivity contribution in [2.45, 2.75) is 56.4 Å². The molecule has 0 aromatic carbocycles. The number of urea groups is 1. The van der Waals surface area contributed by atoms with Gasteiger partial charge in [-0.15, -0.1) is 0 Å². The molecule has 5 nitrogen and oxygen atoms in total. The Morgan fingerprint density at radius 2 is 2.05 bits per heavy atom. The van der Waals surface area contributed by atoms with Crippen molar-refractivity contribution in [1.29, 1.82) is 0 Å². The van der Waals surface area contributed by atoms with Gasteiger partial charge in [0.05, 0.1) is 0 Å². The Bertz CT molecular complexity index is 377. The minimum absolute atomic E-state index is 0.0311. The minimum atomic E-state index is -0.893. The topological polar surface area (TPSA) is 69.6 Å². The van der Waals surface area contributed by atoms with Crippen molar-refractivity contribution in [3.63, 3.8) is 0 Å². The fourth-order valence-electron chi connectivity index (χ4n) is 3.30. The summed E-state index contributed by atoms with van der Waals surface area (Å²) >= 11 is 1.86. The lowest BCUT2D eigenvalue weighted by Crippen LogP contribution is -2.51. The molecule has 0 radical (unpaired) electrons. The van der Waals surface area contributed by atoms with E-state index in [-0.39, 0.29) is 18.0 Å². The first-order valence-corrected chi connectivity index (χ1v) is 8.64. The summed E-state index contributed by atoms with van der Waals surface area (Å²) in [5, 5.41) is 12.9. The SMILES string of the molecule is CSC1CCCC(NC(=O)N2CCC(C)C2C(=O)O)C1. The van der Waals surface area contributed by atoms with E-state index in [0.717, 1.165) is 25.7 Å². The second-order valence-corrected chi connectivity index (χ2v) is 7.05. The van der Waals surface area contributed by atoms with Gasteiger partial charge in [0.2, 0.25) is 0 Å². The van der Waals surface area contributed by atoms with E-state index < -0.39 is 12.0 Å². The smallest absolute Gasteiger partial charge is 0.326 e. The van der Waals surface area contributed by atoms with E-state index >= 15 is 0 Å². The third kappa shape index (κ3) is 3.40. The molecule has 6 heteroatoms. The molecule has 2 aliphatic rings. The summed E-state index contributed by atoms with van der Waals surface area (Å²) in [4.78, 5) is 25.1. The van der Waals surface area contributed by atoms with E-state index in [1.54, 1.807) is 0 Å². The summed E-state index contributed by atoms with van der Waals surface area (Å²) in [5.41, 5.74) is 0. The van der Waals surface area contributed by atoms with E-state index in [1.165, 1.54) is 11.3 Å². The number of hydrogen-bond donors (Lipinski definition) is 2. The number of hydrogen-bond acceptors (Lipinski definition) is 3. The van der Waals surface area contributed by atoms with Crippen LogP contribution in [0.1, 0.15) is 39.0 Å². The zero-order chi connectivity index (χ0) is 14.7. The van der Waals surface area contributed by atoms with Crippen LogP contribution in [0.3, 0.4) is 0 Å². The standard InChI is InChI=1S/C14H24N2O3S/c1-9-6-7-16(12(9)13(17)18)14(19)15-10-4-3-5-11(8-10)20-2/h9-12H,3-8H2,1-2H3,(H,15,19)(H,17,18). The molecule has 1 saturated heterocycles. The van der Waals surface area contributed by atoms with Crippen molar-refractivity contribution in [2.24, 2.45) is 5.92 Å². The molecular formula is C14H24N2O3S. The zero-order valence-electron chi connectivity index (χ0n) is 12.2. The number of likely N-dealkylation sites (tertiary alicyclic amines) is 1. The molecule has 114 valence electrons. The summed E-state index contributed by atoms with van der Waals surface area (Å²) in [6.07, 6.45) is 7.22. The van der Waals surface area contributed by atoms with Gasteiger partial charge < -0.3 is 15.3 Å². The molecule has 2 amide bonds. The lowest BCUT2D eigenvalue weighted by Gasteiger charge is -2.31. The number of amides is 2. The molecule has 0 aromatic rings. The van der Waals surface area contributed by atoms with Crippen LogP contribution in [0.2, 0.25) is 0 Å². The van der Waals surface area contributed by atoms with E-state index in [0.29, 0.717) is 11.8 Å². The van der Waals surface area contributed by atoms with Crippen molar-refractivity contribution >= 4 is 23.8 Å². The Balaban J connectivity index is 1.92. The Morgan fingerprint density at radius 1 is 1.30 bits per heavy atom. The van der Waals surface area contributed by atoms with E-state index in [4.69, 9.17) is 0 Å². The van der Waals surface area contributed by atoms with E-state index in [2.05, 4.69) is 11.6 Å². The Kier molecular flexibility index (Phi) is 5.18. The maximum atomic E-state index is 12.3. The highest BCUT2D eigenvalue weighted by Crippen LogP contribution is 2.28. The summed E-state index contributed by atoms with van der Waals surface area (Å²) in [7, 11) is 0. The average molecular weight is 300 g/mol. The molecule has 4 atom stereocenters. The lowest BCUT2D eigenvalue weighted by molar-refractivity contribution is -0.142. The van der Waals surface area contributed by atoms with Gasteiger partial charge in [0.15, 0.2) is 0 Å². The van der Waals surface area contributed by atoms with Crippen LogP contribution in [-0.2, 0) is 4.79 Å². The Labute approximate surface area is 124 Å². The van der Waals surface area contributed by atoms with E-state index in [9.17, 15) is 14.7 Å². The Morgan fingerprint density at radius 3 is 2.70 bits per heavy atom. The first-order chi connectivity index (χ1) is 9.52. The van der Waals surface area contributed by atoms with Crippen molar-refractivity contribution < 1.29 is 14.7 Å². The fraction of sp³-hybridized carbons (Fsp3) is 0.857. The third-order valence-electron chi connectivity index (χ3n) is 4.50. The summed E-state index contributed by atoms with van der Waals surface area (Å²) in [6.45, 7) is 2.44. The van der Waals surface area contributed by atoms with Crippen molar-refractivity contribution in [3.8, 4) is 0 Å². The minimum Gasteiger partial charge on any atom is -0.480 e. The maximum absolute atomic E-state index is 12.3. The number of carboxylic acid groups (broad SMARTS) is 1. The normalized spacial score (nSPS) is 34.0. The van der Waals surface area contributed by atoms with Gasteiger partial charge in [0.25, 0.3) is 0 Å². The van der Waals surface area contributed by atoms with Crippen LogP contribution in [0.4, 0.5) is 4.79 Å². The van der Waals surface area contributed by atoms with E-state index in [1.807, 2.05) is 18.7 Å². The largest absolute Gasteiger partial charge is 0.480 e. The fourth-order valence-corrected chi connectivity index (χ4v) is 4.13. The maximum Gasteiger partial charge on any atom is 0.326 e. The monoisotopic (exact) mass is 300 g/mol. The molecule has 1 aliphatic carbocycles. The third-order valence-corrected chi connectivity index (χ3v) is 5.60. The van der Waals surface area contributed by atoms with Gasteiger partial charge >= 0.3 is 12.0 Å². The highest BCUT2D eigenvalue weighted by atomic mass is 32.2. The van der Waals surface area contributed by atoms with Crippen molar-refractivity contribution in [3.05, 3.63) is 0 Å². The molecule has 0 aromatic heterocycles. The second-order valence-electron chi connectivity index (χ2n) is 5.91. The lowest BCUT2D eigenvalue weighted by atomic mass is 9.95. The van der Waals surface area contributed by atoms with Gasteiger partial charge in [-0.1, -0.05) is 13.3 Å². The van der Waals surface area contributed by atoms with Crippen LogP contribution in [-0.4, -0.2) is 52.1 Å². The van der Waals surface area contributed by atoms with Crippen molar-refractivity contribution in [2.75, 3.05) is 12.8 Å². The number of aliphatic carboxylic acids is 1. The van der Waals surface area contributed by atoms with Gasteiger partial charge in [-0.2, -0.15) is 11.8 Å². The number of nitrogens with zero attached hydrogens (tertiary/aromatic N) is 1. The summed E-state index contributed by atoms with van der Waals surface area (Å²) in [5.74, 6) is -0.862. The molecule has 4 unspecified atom stereocenters. The summed E-state index contributed by atoms with van der Waals surface area (Å²) in [6, 6.07) is -0.678. The molecule has 1 saturated carbocycles. The van der Waals surface area contributed by atoms with Crippen LogP contribution in [0, 0.1) is 5.92 Å². The van der Waals surface area contributed by atoms with Gasteiger partial charge in [-0.3, -0.25) is 0 Å². The molecule has 2 N–H and O–H groups in total. The molecule has 0 spiro atoms. The number of carbonyl (C=O) groups is 2. The second kappa shape index (κ2) is 6.70. The number of rotatable bonds is 3. The zero-order valence-corrected chi connectivity index (χ0v) is 13.0. The highest BCUT2D eigenvalue weighted by Gasteiger charge is 2.40. The quantitative estimate of drug-likeness (QED) is 0.838. The predicted molar refractivity (Wildman–Crippen MR) is 80.0 cm³/mol. The molecule has 1 aliphatic heterocycles. The van der Waals surface area contributed by atoms with Gasteiger partial charge in [0.1, 0.15) is 6.04 Å². The highest BCUT2D eigenvalue weighted by molar-refractivity contribution is 7.99. The molecule has 2 fully saturated rings. The molecule has 1 heterocycles. The first kappa shape index (κ1) is 15.5. The molecule has 0 bridgehead atoms. The predicted octanol–water partition coefficient (Wildman–Crippen LogP) is 2.17. The van der Waals surface area contributed by atoms with Crippen LogP contribution in [0.25, 0.3) is 0 Å². The molecule has 2 rings (SSSR count). The van der Waals surface area contributed by atoms with Crippen molar-refractivity contribution in [1.82, 2.24) is 10.2 Å². The van der Waals surface area contributed by atoms with Crippen LogP contribution in [0.15, 0.2) is 0 Å². The Hall–Kier alpha value is -0.910. The number of carboxylic acids is 1. The van der Waals surface area contributed by atoms with Gasteiger partial charge in [-0.25, -0.2) is 9.59 Å². The first-order valence-electron chi connectivity index (χ1n) is 7.35. The molecule has 20 heavy (non-hydrogen) atoms. The average Bonchev–Trinajstić information content (AvgIpc) is 2.81. The van der Waals surface area contributed by atoms with Crippen LogP contribution >= 0.6 is 11.8 Å². The van der Waals surface area contributed by atoms with Gasteiger partial charge in [0, 0.05) is 17.8 Å². The number of nitrogens with one attached hydrogen (secondary N) is 1.